The number of aromatic hydroxyl groups is 3. The number of phenolic OH excluding ortho intramolecular Hbond substituents is 3. The predicted octanol–water partition coefficient (Wildman–Crippen LogP) is 4.01. The second kappa shape index (κ2) is 6.96. The molecule has 0 saturated heterocycles. The molecule has 1 heterocycles. The van der Waals surface area contributed by atoms with E-state index in [-0.39, 0.29) is 33.6 Å². The zero-order chi connectivity index (χ0) is 18.8. The summed E-state index contributed by atoms with van der Waals surface area (Å²) in [6.45, 7) is 3.87. The maximum atomic E-state index is 12.9. The molecule has 3 rings (SSSR count). The highest BCUT2D eigenvalue weighted by Crippen LogP contribution is 2.34. The molecule has 3 aromatic rings. The van der Waals surface area contributed by atoms with Gasteiger partial charge in [0.15, 0.2) is 5.43 Å². The summed E-state index contributed by atoms with van der Waals surface area (Å²) in [7, 11) is 0. The third-order valence-corrected chi connectivity index (χ3v) is 4.22. The highest BCUT2D eigenvalue weighted by molar-refractivity contribution is 5.88. The molecule has 0 fully saturated rings. The first-order valence-corrected chi connectivity index (χ1v) is 8.26. The maximum absolute atomic E-state index is 12.9. The van der Waals surface area contributed by atoms with Crippen LogP contribution >= 0.6 is 0 Å². The molecular formula is C21H20O5. The van der Waals surface area contributed by atoms with Crippen LogP contribution in [0, 0.1) is 0 Å². The highest BCUT2D eigenvalue weighted by atomic mass is 16.3. The lowest BCUT2D eigenvalue weighted by atomic mass is 10.0. The van der Waals surface area contributed by atoms with Crippen molar-refractivity contribution in [2.45, 2.75) is 26.7 Å². The smallest absolute Gasteiger partial charge is 0.199 e. The molecule has 26 heavy (non-hydrogen) atoms. The van der Waals surface area contributed by atoms with E-state index in [1.807, 2.05) is 19.9 Å². The standard InChI is InChI=1S/C21H20O5/c1-12(2)3-8-16-17(23)10-18(24)19-20(25)14(11-26-21(16)19)9-13-4-6-15(22)7-5-13/h3-7,10-11,22-24H,8-9H2,1-2H3. The topological polar surface area (TPSA) is 90.9 Å². The lowest BCUT2D eigenvalue weighted by molar-refractivity contribution is 0.447. The Labute approximate surface area is 150 Å². The molecule has 0 aliphatic rings. The average Bonchev–Trinajstić information content (AvgIpc) is 2.58. The van der Waals surface area contributed by atoms with Crippen molar-refractivity contribution in [3.63, 3.8) is 0 Å². The third-order valence-electron chi connectivity index (χ3n) is 4.22. The zero-order valence-corrected chi connectivity index (χ0v) is 14.6. The van der Waals surface area contributed by atoms with Crippen molar-refractivity contribution < 1.29 is 19.7 Å². The quantitative estimate of drug-likeness (QED) is 0.617. The van der Waals surface area contributed by atoms with Crippen molar-refractivity contribution in [1.29, 1.82) is 0 Å². The van der Waals surface area contributed by atoms with Gasteiger partial charge in [0.1, 0.15) is 28.2 Å². The number of hydrogen-bond donors (Lipinski definition) is 3. The number of allylic oxidation sites excluding steroid dienone is 2. The largest absolute Gasteiger partial charge is 0.508 e. The van der Waals surface area contributed by atoms with Crippen molar-refractivity contribution in [2.75, 3.05) is 0 Å². The molecule has 0 atom stereocenters. The molecule has 0 aliphatic carbocycles. The van der Waals surface area contributed by atoms with Gasteiger partial charge in [-0.15, -0.1) is 0 Å². The Morgan fingerprint density at radius 3 is 2.42 bits per heavy atom. The van der Waals surface area contributed by atoms with Crippen LogP contribution in [0.15, 0.2) is 57.5 Å². The van der Waals surface area contributed by atoms with Gasteiger partial charge in [0.25, 0.3) is 0 Å². The van der Waals surface area contributed by atoms with Crippen LogP contribution in [-0.4, -0.2) is 15.3 Å². The van der Waals surface area contributed by atoms with E-state index in [0.29, 0.717) is 24.0 Å². The van der Waals surface area contributed by atoms with E-state index in [0.717, 1.165) is 11.1 Å². The molecule has 3 N–H and O–H groups in total. The van der Waals surface area contributed by atoms with Gasteiger partial charge in [0.2, 0.25) is 0 Å². The molecule has 2 aromatic carbocycles. The van der Waals surface area contributed by atoms with Crippen LogP contribution in [-0.2, 0) is 12.8 Å². The lowest BCUT2D eigenvalue weighted by Gasteiger charge is -2.10. The number of phenols is 3. The predicted molar refractivity (Wildman–Crippen MR) is 99.9 cm³/mol. The monoisotopic (exact) mass is 352 g/mol. The van der Waals surface area contributed by atoms with Gasteiger partial charge in [0.05, 0.1) is 6.26 Å². The van der Waals surface area contributed by atoms with E-state index in [2.05, 4.69) is 0 Å². The van der Waals surface area contributed by atoms with Crippen LogP contribution < -0.4 is 5.43 Å². The summed E-state index contributed by atoms with van der Waals surface area (Å²) in [6, 6.07) is 7.71. The van der Waals surface area contributed by atoms with Gasteiger partial charge in [-0.1, -0.05) is 23.8 Å². The van der Waals surface area contributed by atoms with Crippen LogP contribution in [0.2, 0.25) is 0 Å². The zero-order valence-electron chi connectivity index (χ0n) is 14.6. The maximum Gasteiger partial charge on any atom is 0.199 e. The summed E-state index contributed by atoms with van der Waals surface area (Å²) in [5, 5.41) is 29.8. The fourth-order valence-corrected chi connectivity index (χ4v) is 2.83. The first-order chi connectivity index (χ1) is 12.4. The van der Waals surface area contributed by atoms with Gasteiger partial charge in [-0.25, -0.2) is 0 Å². The number of hydrogen-bond acceptors (Lipinski definition) is 5. The van der Waals surface area contributed by atoms with Crippen molar-refractivity contribution >= 4 is 11.0 Å². The van der Waals surface area contributed by atoms with Crippen molar-refractivity contribution in [2.24, 2.45) is 0 Å². The van der Waals surface area contributed by atoms with Crippen LogP contribution in [0.5, 0.6) is 17.2 Å². The van der Waals surface area contributed by atoms with E-state index < -0.39 is 0 Å². The molecule has 1 aromatic heterocycles. The minimum Gasteiger partial charge on any atom is -0.508 e. The SMILES string of the molecule is CC(C)=CCc1c(O)cc(O)c2c(=O)c(Cc3ccc(O)cc3)coc12. The normalized spacial score (nSPS) is 10.8. The summed E-state index contributed by atoms with van der Waals surface area (Å²) in [5.41, 5.74) is 2.61. The molecule has 0 amide bonds. The second-order valence-corrected chi connectivity index (χ2v) is 6.52. The van der Waals surface area contributed by atoms with Crippen molar-refractivity contribution in [3.05, 3.63) is 75.2 Å². The van der Waals surface area contributed by atoms with Gasteiger partial charge in [-0.3, -0.25) is 4.79 Å². The van der Waals surface area contributed by atoms with E-state index >= 15 is 0 Å². The van der Waals surface area contributed by atoms with E-state index in [1.165, 1.54) is 12.3 Å². The molecule has 0 saturated carbocycles. The summed E-state index contributed by atoms with van der Waals surface area (Å²) in [4.78, 5) is 12.9. The molecule has 0 aliphatic heterocycles. The van der Waals surface area contributed by atoms with Crippen LogP contribution in [0.1, 0.15) is 30.5 Å². The Balaban J connectivity index is 2.12. The first-order valence-electron chi connectivity index (χ1n) is 8.26. The average molecular weight is 352 g/mol. The molecule has 0 bridgehead atoms. The molecule has 5 heteroatoms. The minimum atomic E-state index is -0.338. The fourth-order valence-electron chi connectivity index (χ4n) is 2.83. The molecule has 5 nitrogen and oxygen atoms in total. The van der Waals surface area contributed by atoms with Crippen LogP contribution in [0.3, 0.4) is 0 Å². The van der Waals surface area contributed by atoms with Crippen molar-refractivity contribution in [1.82, 2.24) is 0 Å². The van der Waals surface area contributed by atoms with Gasteiger partial charge in [-0.2, -0.15) is 0 Å². The Morgan fingerprint density at radius 1 is 1.08 bits per heavy atom. The summed E-state index contributed by atoms with van der Waals surface area (Å²) < 4.78 is 5.65. The molecular weight excluding hydrogens is 332 g/mol. The summed E-state index contributed by atoms with van der Waals surface area (Å²) in [6.07, 6.45) is 3.98. The molecule has 0 unspecified atom stereocenters. The third kappa shape index (κ3) is 3.42. The Bertz CT molecular complexity index is 1040. The Hall–Kier alpha value is -3.21. The Kier molecular flexibility index (Phi) is 4.71. The van der Waals surface area contributed by atoms with Crippen LogP contribution in [0.25, 0.3) is 11.0 Å². The van der Waals surface area contributed by atoms with Gasteiger partial charge >= 0.3 is 0 Å². The number of rotatable bonds is 4. The van der Waals surface area contributed by atoms with Gasteiger partial charge in [-0.05, 0) is 38.0 Å². The molecule has 0 radical (unpaired) electrons. The second-order valence-electron chi connectivity index (χ2n) is 6.52. The molecule has 134 valence electrons. The summed E-state index contributed by atoms with van der Waals surface area (Å²) in [5.74, 6) is -0.266. The molecule has 0 spiro atoms. The van der Waals surface area contributed by atoms with Gasteiger partial charge < -0.3 is 19.7 Å². The van der Waals surface area contributed by atoms with E-state index in [4.69, 9.17) is 4.42 Å². The fraction of sp³-hybridized carbons (Fsp3) is 0.190. The first kappa shape index (κ1) is 17.6. The van der Waals surface area contributed by atoms with E-state index in [9.17, 15) is 20.1 Å². The lowest BCUT2D eigenvalue weighted by Crippen LogP contribution is -2.10. The summed E-state index contributed by atoms with van der Waals surface area (Å²) >= 11 is 0. The van der Waals surface area contributed by atoms with Crippen LogP contribution in [0.4, 0.5) is 0 Å². The van der Waals surface area contributed by atoms with Gasteiger partial charge in [0, 0.05) is 23.6 Å². The Morgan fingerprint density at radius 2 is 1.77 bits per heavy atom. The minimum absolute atomic E-state index is 0.0660. The van der Waals surface area contributed by atoms with E-state index in [1.54, 1.807) is 24.3 Å². The number of fused-ring (bicyclic) bond motifs is 1. The highest BCUT2D eigenvalue weighted by Gasteiger charge is 2.18. The van der Waals surface area contributed by atoms with Crippen molar-refractivity contribution in [3.8, 4) is 17.2 Å². The number of benzene rings is 2.